The maximum absolute atomic E-state index is 12.9. The summed E-state index contributed by atoms with van der Waals surface area (Å²) in [5.74, 6) is -0.00619. The normalized spacial score (nSPS) is 12.2. The number of nitrogens with zero attached hydrogens (tertiary/aromatic N) is 1. The molecule has 7 nitrogen and oxygen atoms in total. The summed E-state index contributed by atoms with van der Waals surface area (Å²) < 4.78 is 17.5. The quantitative estimate of drug-likeness (QED) is 0.209. The molecule has 1 atom stereocenters. The summed E-state index contributed by atoms with van der Waals surface area (Å²) in [5.41, 5.74) is 4.17. The van der Waals surface area contributed by atoms with Crippen molar-refractivity contribution in [3.8, 4) is 16.9 Å². The summed E-state index contributed by atoms with van der Waals surface area (Å²) in [6, 6.07) is 17.9. The number of ether oxygens (including phenoxy) is 3. The SMILES string of the molecule is COC(=O)C(OC(C)(C)C)c1c(C)ccc(OCc2ccc(C)cc2)c1-c1ccc([N+](=O)[O-])cc1. The highest BCUT2D eigenvalue weighted by Gasteiger charge is 2.33. The Hall–Kier alpha value is -3.71. The Morgan fingerprint density at radius 3 is 2.14 bits per heavy atom. The maximum Gasteiger partial charge on any atom is 0.339 e. The summed E-state index contributed by atoms with van der Waals surface area (Å²) in [7, 11) is 1.32. The number of nitro groups is 1. The molecule has 0 aliphatic heterocycles. The molecule has 35 heavy (non-hydrogen) atoms. The van der Waals surface area contributed by atoms with E-state index in [9.17, 15) is 14.9 Å². The predicted molar refractivity (Wildman–Crippen MR) is 134 cm³/mol. The summed E-state index contributed by atoms with van der Waals surface area (Å²) in [5, 5.41) is 11.2. The fraction of sp³-hybridized carbons (Fsp3) is 0.321. The fourth-order valence-corrected chi connectivity index (χ4v) is 3.74. The van der Waals surface area contributed by atoms with Crippen molar-refractivity contribution in [2.75, 3.05) is 7.11 Å². The summed E-state index contributed by atoms with van der Waals surface area (Å²) in [6.45, 7) is 9.80. The minimum Gasteiger partial charge on any atom is -0.488 e. The third-order valence-electron chi connectivity index (χ3n) is 5.46. The molecule has 0 aliphatic rings. The van der Waals surface area contributed by atoms with Gasteiger partial charge in [0.1, 0.15) is 12.4 Å². The number of hydrogen-bond acceptors (Lipinski definition) is 6. The molecule has 0 saturated heterocycles. The van der Waals surface area contributed by atoms with Crippen LogP contribution in [-0.2, 0) is 20.9 Å². The molecule has 0 amide bonds. The monoisotopic (exact) mass is 477 g/mol. The first-order chi connectivity index (χ1) is 16.5. The van der Waals surface area contributed by atoms with Crippen LogP contribution in [0.2, 0.25) is 0 Å². The Morgan fingerprint density at radius 2 is 1.60 bits per heavy atom. The number of methoxy groups -OCH3 is 1. The van der Waals surface area contributed by atoms with Gasteiger partial charge >= 0.3 is 5.97 Å². The van der Waals surface area contributed by atoms with Crippen molar-refractivity contribution in [3.63, 3.8) is 0 Å². The van der Waals surface area contributed by atoms with E-state index in [0.29, 0.717) is 29.0 Å². The second kappa shape index (κ2) is 10.7. The number of benzene rings is 3. The van der Waals surface area contributed by atoms with Gasteiger partial charge in [0.2, 0.25) is 0 Å². The number of non-ortho nitro benzene ring substituents is 1. The first-order valence-corrected chi connectivity index (χ1v) is 11.3. The van der Waals surface area contributed by atoms with E-state index >= 15 is 0 Å². The lowest BCUT2D eigenvalue weighted by Gasteiger charge is -2.29. The van der Waals surface area contributed by atoms with E-state index in [1.807, 2.05) is 71.0 Å². The predicted octanol–water partition coefficient (Wildman–Crippen LogP) is 6.49. The van der Waals surface area contributed by atoms with Crippen LogP contribution in [-0.4, -0.2) is 23.6 Å². The third-order valence-corrected chi connectivity index (χ3v) is 5.46. The molecule has 0 saturated carbocycles. The largest absolute Gasteiger partial charge is 0.488 e. The first-order valence-electron chi connectivity index (χ1n) is 11.3. The Labute approximate surface area is 205 Å². The zero-order valence-corrected chi connectivity index (χ0v) is 21.0. The average molecular weight is 478 g/mol. The number of carbonyl (C=O) groups is 1. The molecule has 0 fully saturated rings. The van der Waals surface area contributed by atoms with Gasteiger partial charge in [-0.25, -0.2) is 4.79 Å². The van der Waals surface area contributed by atoms with Crippen LogP contribution in [0.4, 0.5) is 5.69 Å². The highest BCUT2D eigenvalue weighted by atomic mass is 16.6. The van der Waals surface area contributed by atoms with Gasteiger partial charge in [-0.15, -0.1) is 0 Å². The summed E-state index contributed by atoms with van der Waals surface area (Å²) in [4.78, 5) is 23.7. The van der Waals surface area contributed by atoms with Gasteiger partial charge in [0.05, 0.1) is 17.6 Å². The van der Waals surface area contributed by atoms with Crippen molar-refractivity contribution < 1.29 is 23.9 Å². The highest BCUT2D eigenvalue weighted by Crippen LogP contribution is 2.42. The van der Waals surface area contributed by atoms with Crippen LogP contribution in [0.5, 0.6) is 5.75 Å². The Balaban J connectivity index is 2.18. The van der Waals surface area contributed by atoms with E-state index in [1.54, 1.807) is 12.1 Å². The number of esters is 1. The van der Waals surface area contributed by atoms with Crippen LogP contribution in [0.3, 0.4) is 0 Å². The van der Waals surface area contributed by atoms with Crippen LogP contribution >= 0.6 is 0 Å². The highest BCUT2D eigenvalue weighted by molar-refractivity contribution is 5.85. The Morgan fingerprint density at radius 1 is 0.971 bits per heavy atom. The molecular formula is C28H31NO6. The van der Waals surface area contributed by atoms with Crippen molar-refractivity contribution in [2.45, 2.75) is 52.9 Å². The van der Waals surface area contributed by atoms with Gasteiger partial charge < -0.3 is 14.2 Å². The van der Waals surface area contributed by atoms with Crippen LogP contribution in [0.25, 0.3) is 11.1 Å². The van der Waals surface area contributed by atoms with Gasteiger partial charge in [-0.05, 0) is 69.5 Å². The average Bonchev–Trinajstić information content (AvgIpc) is 2.81. The second-order valence-corrected chi connectivity index (χ2v) is 9.38. The molecule has 3 rings (SSSR count). The summed E-state index contributed by atoms with van der Waals surface area (Å²) in [6.07, 6.45) is -1.02. The molecular weight excluding hydrogens is 446 g/mol. The van der Waals surface area contributed by atoms with E-state index in [4.69, 9.17) is 14.2 Å². The first kappa shape index (κ1) is 25.9. The van der Waals surface area contributed by atoms with Crippen LogP contribution in [0, 0.1) is 24.0 Å². The van der Waals surface area contributed by atoms with E-state index < -0.39 is 22.6 Å². The van der Waals surface area contributed by atoms with Crippen molar-refractivity contribution in [1.82, 2.24) is 0 Å². The molecule has 7 heteroatoms. The second-order valence-electron chi connectivity index (χ2n) is 9.38. The molecule has 3 aromatic rings. The molecule has 0 radical (unpaired) electrons. The Bertz CT molecular complexity index is 1190. The van der Waals surface area contributed by atoms with Crippen molar-refractivity contribution >= 4 is 11.7 Å². The maximum atomic E-state index is 12.9. The van der Waals surface area contributed by atoms with E-state index in [-0.39, 0.29) is 5.69 Å². The minimum atomic E-state index is -1.02. The van der Waals surface area contributed by atoms with Crippen LogP contribution in [0.1, 0.15) is 49.1 Å². The smallest absolute Gasteiger partial charge is 0.339 e. The van der Waals surface area contributed by atoms with Gasteiger partial charge in [-0.1, -0.05) is 35.9 Å². The molecule has 0 spiro atoms. The van der Waals surface area contributed by atoms with Gasteiger partial charge in [0.25, 0.3) is 5.69 Å². The minimum absolute atomic E-state index is 0.0273. The third kappa shape index (κ3) is 6.45. The molecule has 0 heterocycles. The summed E-state index contributed by atoms with van der Waals surface area (Å²) >= 11 is 0. The molecule has 1 unspecified atom stereocenters. The van der Waals surface area contributed by atoms with Gasteiger partial charge in [0.15, 0.2) is 6.10 Å². The molecule has 0 bridgehead atoms. The number of nitro benzene ring substituents is 1. The van der Waals surface area contributed by atoms with Crippen molar-refractivity contribution in [2.24, 2.45) is 0 Å². The van der Waals surface area contributed by atoms with E-state index in [1.165, 1.54) is 19.2 Å². The molecule has 0 aliphatic carbocycles. The van der Waals surface area contributed by atoms with E-state index in [0.717, 1.165) is 16.7 Å². The molecule has 0 N–H and O–H groups in total. The zero-order chi connectivity index (χ0) is 25.8. The van der Waals surface area contributed by atoms with Crippen molar-refractivity contribution in [1.29, 1.82) is 0 Å². The van der Waals surface area contributed by atoms with Crippen LogP contribution < -0.4 is 4.74 Å². The lowest BCUT2D eigenvalue weighted by Crippen LogP contribution is -2.29. The van der Waals surface area contributed by atoms with Gasteiger partial charge in [-0.2, -0.15) is 0 Å². The topological polar surface area (TPSA) is 87.9 Å². The molecule has 0 aromatic heterocycles. The number of hydrogen-bond donors (Lipinski definition) is 0. The lowest BCUT2D eigenvalue weighted by molar-refractivity contribution is -0.384. The van der Waals surface area contributed by atoms with Gasteiger partial charge in [0, 0.05) is 23.3 Å². The number of rotatable bonds is 8. The van der Waals surface area contributed by atoms with E-state index in [2.05, 4.69) is 0 Å². The Kier molecular flexibility index (Phi) is 7.92. The number of carbonyl (C=O) groups excluding carboxylic acids is 1. The molecule has 184 valence electrons. The lowest BCUT2D eigenvalue weighted by atomic mass is 9.90. The van der Waals surface area contributed by atoms with Gasteiger partial charge in [-0.3, -0.25) is 10.1 Å². The fourth-order valence-electron chi connectivity index (χ4n) is 3.74. The van der Waals surface area contributed by atoms with Crippen molar-refractivity contribution in [3.05, 3.63) is 93.0 Å². The number of aryl methyl sites for hydroxylation is 2. The van der Waals surface area contributed by atoms with Crippen LogP contribution in [0.15, 0.2) is 60.7 Å². The zero-order valence-electron chi connectivity index (χ0n) is 21.0. The molecule has 3 aromatic carbocycles. The standard InChI is InChI=1S/C28H31NO6/c1-18-7-10-20(11-8-18)17-34-23-16-9-19(2)24(26(27(30)33-6)35-28(3,4)5)25(23)21-12-14-22(15-13-21)29(31)32/h7-16,26H,17H2,1-6H3.